The van der Waals surface area contributed by atoms with E-state index in [1.54, 1.807) is 58.3 Å². The summed E-state index contributed by atoms with van der Waals surface area (Å²) in [6, 6.07) is 5.59. The summed E-state index contributed by atoms with van der Waals surface area (Å²) in [5.41, 5.74) is 1.07. The van der Waals surface area contributed by atoms with Gasteiger partial charge in [0.25, 0.3) is 5.56 Å². The van der Waals surface area contributed by atoms with Gasteiger partial charge >= 0.3 is 0 Å². The Labute approximate surface area is 216 Å². The maximum absolute atomic E-state index is 13.9. The summed E-state index contributed by atoms with van der Waals surface area (Å²) in [6.45, 7) is 6.56. The zero-order valence-corrected chi connectivity index (χ0v) is 21.2. The molecule has 4 aromatic heterocycles. The van der Waals surface area contributed by atoms with Crippen LogP contribution in [0, 0.1) is 25.5 Å². The van der Waals surface area contributed by atoms with Crippen molar-refractivity contribution in [2.75, 3.05) is 0 Å². The van der Waals surface area contributed by atoms with E-state index < -0.39 is 22.6 Å². The Kier molecular flexibility index (Phi) is 7.13. The number of aromatic nitrogens is 5. The predicted octanol–water partition coefficient (Wildman–Crippen LogP) is 4.69. The molecule has 0 spiro atoms. The molecule has 190 valence electrons. The van der Waals surface area contributed by atoms with Gasteiger partial charge in [0.15, 0.2) is 5.82 Å². The van der Waals surface area contributed by atoms with Gasteiger partial charge in [-0.15, -0.1) is 0 Å². The third-order valence-electron chi connectivity index (χ3n) is 5.65. The number of pyridine rings is 3. The van der Waals surface area contributed by atoms with Gasteiger partial charge in [-0.3, -0.25) is 19.3 Å². The van der Waals surface area contributed by atoms with E-state index in [4.69, 9.17) is 16.3 Å². The van der Waals surface area contributed by atoms with Crippen LogP contribution < -0.4 is 10.3 Å². The van der Waals surface area contributed by atoms with Crippen molar-refractivity contribution < 1.29 is 18.3 Å². The molecule has 0 aromatic carbocycles. The number of aryl methyl sites for hydroxylation is 2. The summed E-state index contributed by atoms with van der Waals surface area (Å²) in [7, 11) is 0. The fourth-order valence-electron chi connectivity index (χ4n) is 3.54. The summed E-state index contributed by atoms with van der Waals surface area (Å²) in [4.78, 5) is 41.5. The molecule has 4 heterocycles. The van der Waals surface area contributed by atoms with Crippen molar-refractivity contribution in [3.63, 3.8) is 0 Å². The maximum atomic E-state index is 13.9. The normalized spacial score (nSPS) is 11.4. The van der Waals surface area contributed by atoms with E-state index in [9.17, 15) is 18.4 Å². The second-order valence-electron chi connectivity index (χ2n) is 8.94. The van der Waals surface area contributed by atoms with Gasteiger partial charge in [-0.05, 0) is 45.4 Å². The van der Waals surface area contributed by atoms with Crippen LogP contribution in [-0.2, 0) is 16.8 Å². The maximum Gasteiger partial charge on any atom is 0.277 e. The van der Waals surface area contributed by atoms with Crippen molar-refractivity contribution >= 4 is 17.9 Å². The first-order valence-corrected chi connectivity index (χ1v) is 11.5. The van der Waals surface area contributed by atoms with Gasteiger partial charge in [-0.2, -0.15) is 0 Å². The molecule has 37 heavy (non-hydrogen) atoms. The van der Waals surface area contributed by atoms with Gasteiger partial charge < -0.3 is 9.53 Å². The zero-order chi connectivity index (χ0) is 26.9. The molecule has 0 fully saturated rings. The highest BCUT2D eigenvalue weighted by Crippen LogP contribution is 2.27. The molecule has 0 aliphatic rings. The van der Waals surface area contributed by atoms with Crippen molar-refractivity contribution in [2.45, 2.75) is 39.7 Å². The molecular formula is C26H22ClF2N5O3. The quantitative estimate of drug-likeness (QED) is 0.323. The number of ether oxygens (including phenoxy) is 1. The Morgan fingerprint density at radius 2 is 1.84 bits per heavy atom. The van der Waals surface area contributed by atoms with Crippen molar-refractivity contribution in [2.24, 2.45) is 0 Å². The first-order chi connectivity index (χ1) is 17.5. The minimum absolute atomic E-state index is 0.0365. The fraction of sp³-hybridized carbons (Fsp3) is 0.231. The molecule has 0 aliphatic carbocycles. The molecule has 0 atom stereocenters. The Bertz CT molecular complexity index is 1570. The average Bonchev–Trinajstić information content (AvgIpc) is 2.87. The second-order valence-corrected chi connectivity index (χ2v) is 9.31. The molecule has 0 saturated carbocycles. The lowest BCUT2D eigenvalue weighted by atomic mass is 9.94. The zero-order valence-electron chi connectivity index (χ0n) is 20.4. The summed E-state index contributed by atoms with van der Waals surface area (Å²) >= 11 is 6.35. The van der Waals surface area contributed by atoms with Gasteiger partial charge in [0, 0.05) is 30.2 Å². The summed E-state index contributed by atoms with van der Waals surface area (Å²) in [5, 5.41) is -0.220. The van der Waals surface area contributed by atoms with Crippen molar-refractivity contribution in [3.05, 3.63) is 92.6 Å². The average molecular weight is 526 g/mol. The van der Waals surface area contributed by atoms with Crippen LogP contribution in [0.25, 0.3) is 17.1 Å². The predicted molar refractivity (Wildman–Crippen MR) is 133 cm³/mol. The highest BCUT2D eigenvalue weighted by molar-refractivity contribution is 6.31. The number of carbonyl (C=O) groups is 1. The molecule has 11 heteroatoms. The molecule has 0 bridgehead atoms. The number of nitrogens with zero attached hydrogens (tertiary/aromatic N) is 5. The Morgan fingerprint density at radius 1 is 1.08 bits per heavy atom. The number of hydrogen-bond acceptors (Lipinski definition) is 7. The Balaban J connectivity index is 1.72. The molecule has 0 amide bonds. The second kappa shape index (κ2) is 10.1. The third-order valence-corrected chi connectivity index (χ3v) is 6.00. The molecule has 0 N–H and O–H groups in total. The van der Waals surface area contributed by atoms with E-state index in [0.29, 0.717) is 40.2 Å². The molecule has 4 aromatic rings. The molecule has 0 radical (unpaired) electrons. The van der Waals surface area contributed by atoms with E-state index in [0.717, 1.165) is 12.5 Å². The Morgan fingerprint density at radius 3 is 2.54 bits per heavy atom. The molecule has 0 saturated heterocycles. The van der Waals surface area contributed by atoms with E-state index in [1.807, 2.05) is 0 Å². The van der Waals surface area contributed by atoms with Crippen LogP contribution >= 0.6 is 11.6 Å². The topological polar surface area (TPSA) is 99.9 Å². The fourth-order valence-corrected chi connectivity index (χ4v) is 3.73. The number of carbonyl (C=O) groups excluding carboxylic acids is 1. The van der Waals surface area contributed by atoms with Gasteiger partial charge in [-0.25, -0.2) is 18.7 Å². The smallest absolute Gasteiger partial charge is 0.277 e. The van der Waals surface area contributed by atoms with Crippen LogP contribution in [0.15, 0.2) is 47.7 Å². The molecule has 0 unspecified atom stereocenters. The van der Waals surface area contributed by atoms with Crippen LogP contribution in [0.1, 0.15) is 36.6 Å². The monoisotopic (exact) mass is 525 g/mol. The first kappa shape index (κ1) is 26.0. The minimum Gasteiger partial charge on any atom is -0.485 e. The number of hydrogen-bond donors (Lipinski definition) is 0. The van der Waals surface area contributed by atoms with Crippen LogP contribution in [0.3, 0.4) is 0 Å². The van der Waals surface area contributed by atoms with E-state index in [-0.39, 0.29) is 23.1 Å². The highest BCUT2D eigenvalue weighted by atomic mass is 35.5. The van der Waals surface area contributed by atoms with E-state index in [1.165, 1.54) is 4.57 Å². The van der Waals surface area contributed by atoms with Gasteiger partial charge in [-0.1, -0.05) is 11.6 Å². The van der Waals surface area contributed by atoms with Crippen LogP contribution in [0.5, 0.6) is 5.75 Å². The lowest BCUT2D eigenvalue weighted by Gasteiger charge is -2.17. The third kappa shape index (κ3) is 5.24. The van der Waals surface area contributed by atoms with Crippen molar-refractivity contribution in [3.8, 4) is 22.8 Å². The van der Waals surface area contributed by atoms with Gasteiger partial charge in [0.1, 0.15) is 41.0 Å². The standard InChI is InChI=1S/C26H22ClF2N5O3/c1-14-10-31-19(18-5-6-30-25(33-18)26(3,4)13-35)9-21(14)34-15(2)7-22(23(27)24(34)36)37-12-20-17(29)8-16(28)11-32-20/h5-11,13H,12H2,1-4H3. The lowest BCUT2D eigenvalue weighted by Crippen LogP contribution is -2.23. The first-order valence-electron chi connectivity index (χ1n) is 11.1. The summed E-state index contributed by atoms with van der Waals surface area (Å²) in [6.07, 6.45) is 4.79. The number of halogens is 3. The highest BCUT2D eigenvalue weighted by Gasteiger charge is 2.24. The van der Waals surface area contributed by atoms with Crippen molar-refractivity contribution in [1.82, 2.24) is 24.5 Å². The van der Waals surface area contributed by atoms with E-state index in [2.05, 4.69) is 19.9 Å². The number of aldehydes is 1. The Hall–Kier alpha value is -4.05. The van der Waals surface area contributed by atoms with Crippen LogP contribution in [0.4, 0.5) is 8.78 Å². The molecule has 4 rings (SSSR count). The molecule has 8 nitrogen and oxygen atoms in total. The van der Waals surface area contributed by atoms with Crippen molar-refractivity contribution in [1.29, 1.82) is 0 Å². The SMILES string of the molecule is Cc1cnc(-c2ccnc(C(C)(C)C=O)n2)cc1-n1c(C)cc(OCc2ncc(F)cc2F)c(Cl)c1=O. The van der Waals surface area contributed by atoms with Crippen LogP contribution in [0.2, 0.25) is 5.02 Å². The van der Waals surface area contributed by atoms with E-state index >= 15 is 0 Å². The number of rotatable bonds is 7. The van der Waals surface area contributed by atoms with Crippen LogP contribution in [-0.4, -0.2) is 30.8 Å². The molecule has 0 aliphatic heterocycles. The van der Waals surface area contributed by atoms with Gasteiger partial charge in [0.05, 0.1) is 28.7 Å². The summed E-state index contributed by atoms with van der Waals surface area (Å²) < 4.78 is 34.0. The molecular weight excluding hydrogens is 504 g/mol. The minimum atomic E-state index is -0.882. The summed E-state index contributed by atoms with van der Waals surface area (Å²) in [5.74, 6) is -1.30. The lowest BCUT2D eigenvalue weighted by molar-refractivity contribution is -0.111. The largest absolute Gasteiger partial charge is 0.485 e. The van der Waals surface area contributed by atoms with Gasteiger partial charge in [0.2, 0.25) is 0 Å².